The van der Waals surface area contributed by atoms with Crippen LogP contribution in [-0.2, 0) is 23.9 Å². The van der Waals surface area contributed by atoms with E-state index in [9.17, 15) is 24.0 Å². The van der Waals surface area contributed by atoms with Gasteiger partial charge < -0.3 is 10.1 Å². The maximum atomic E-state index is 12.7. The van der Waals surface area contributed by atoms with Crippen LogP contribution in [0.4, 0.5) is 5.69 Å². The second-order valence-corrected chi connectivity index (χ2v) is 9.12. The van der Waals surface area contributed by atoms with E-state index in [-0.39, 0.29) is 28.4 Å². The van der Waals surface area contributed by atoms with Crippen LogP contribution in [0.25, 0.3) is 0 Å². The first-order valence-corrected chi connectivity index (χ1v) is 10.8. The summed E-state index contributed by atoms with van der Waals surface area (Å²) in [6.45, 7) is 0.256. The molecule has 164 valence electrons. The number of nitrogens with one attached hydrogen (secondary N) is 1. The minimum Gasteiger partial charge on any atom is -0.454 e. The lowest BCUT2D eigenvalue weighted by Gasteiger charge is -2.28. The number of halogens is 2. The molecule has 1 heterocycles. The Morgan fingerprint density at radius 2 is 1.71 bits per heavy atom. The van der Waals surface area contributed by atoms with E-state index >= 15 is 0 Å². The van der Waals surface area contributed by atoms with Gasteiger partial charge in [-0.3, -0.25) is 28.9 Å². The number of benzene rings is 1. The van der Waals surface area contributed by atoms with E-state index in [1.807, 2.05) is 0 Å². The molecule has 6 atom stereocenters. The number of ether oxygens (including phenoxy) is 1. The third-order valence-electron chi connectivity index (χ3n) is 6.28. The Bertz CT molecular complexity index is 950. The molecule has 3 amide bonds. The molecule has 1 aliphatic heterocycles. The van der Waals surface area contributed by atoms with Gasteiger partial charge in [-0.1, -0.05) is 12.1 Å². The molecule has 2 bridgehead atoms. The smallest absolute Gasteiger partial charge is 0.326 e. The van der Waals surface area contributed by atoms with Gasteiger partial charge in [0, 0.05) is 11.3 Å². The molecule has 4 rings (SSSR count). The molecule has 3 fully saturated rings. The van der Waals surface area contributed by atoms with Gasteiger partial charge in [0.25, 0.3) is 5.91 Å². The minimum atomic E-state index is -0.869. The summed E-state index contributed by atoms with van der Waals surface area (Å²) < 4.78 is 4.93. The van der Waals surface area contributed by atoms with Crippen molar-refractivity contribution in [3.05, 3.63) is 29.8 Å². The van der Waals surface area contributed by atoms with Gasteiger partial charge in [0.2, 0.25) is 11.8 Å². The number of rotatable bonds is 6. The summed E-state index contributed by atoms with van der Waals surface area (Å²) >= 11 is 12.6. The molecule has 8 nitrogen and oxygen atoms in total. The maximum absolute atomic E-state index is 12.7. The molecule has 0 unspecified atom stereocenters. The normalized spacial score (nSPS) is 31.0. The molecule has 10 heteroatoms. The molecular formula is C21H20Cl2N2O6. The molecule has 3 aliphatic rings. The van der Waals surface area contributed by atoms with Crippen molar-refractivity contribution < 1.29 is 28.7 Å². The summed E-state index contributed by atoms with van der Waals surface area (Å²) in [7, 11) is 0. The lowest BCUT2D eigenvalue weighted by atomic mass is 9.80. The highest BCUT2D eigenvalue weighted by Crippen LogP contribution is 2.59. The number of amides is 3. The van der Waals surface area contributed by atoms with E-state index in [0.717, 1.165) is 4.90 Å². The van der Waals surface area contributed by atoms with Crippen molar-refractivity contribution in [2.45, 2.75) is 24.1 Å². The van der Waals surface area contributed by atoms with Crippen LogP contribution in [0.1, 0.15) is 23.7 Å². The van der Waals surface area contributed by atoms with Crippen molar-refractivity contribution in [2.75, 3.05) is 18.5 Å². The van der Waals surface area contributed by atoms with Crippen LogP contribution >= 0.6 is 23.2 Å². The van der Waals surface area contributed by atoms with Gasteiger partial charge in [0.1, 0.15) is 6.54 Å². The van der Waals surface area contributed by atoms with Gasteiger partial charge in [-0.05, 0) is 37.3 Å². The van der Waals surface area contributed by atoms with Crippen LogP contribution in [-0.4, -0.2) is 58.3 Å². The summed E-state index contributed by atoms with van der Waals surface area (Å²) in [4.78, 5) is 62.0. The van der Waals surface area contributed by atoms with Crippen molar-refractivity contribution in [1.29, 1.82) is 0 Å². The second-order valence-electron chi connectivity index (χ2n) is 8.11. The Kier molecular flexibility index (Phi) is 5.79. The fourth-order valence-electron chi connectivity index (χ4n) is 4.90. The van der Waals surface area contributed by atoms with E-state index in [1.54, 1.807) is 18.2 Å². The number of fused-ring (bicyclic) bond motifs is 5. The average molecular weight is 467 g/mol. The van der Waals surface area contributed by atoms with Crippen molar-refractivity contribution in [3.63, 3.8) is 0 Å². The van der Waals surface area contributed by atoms with Crippen LogP contribution in [0.2, 0.25) is 0 Å². The molecular weight excluding hydrogens is 447 g/mol. The Morgan fingerprint density at radius 3 is 2.29 bits per heavy atom. The highest BCUT2D eigenvalue weighted by atomic mass is 35.5. The topological polar surface area (TPSA) is 110 Å². The fraction of sp³-hybridized carbons (Fsp3) is 0.476. The number of hydrogen-bond acceptors (Lipinski definition) is 6. The number of ketones is 1. The van der Waals surface area contributed by atoms with Crippen molar-refractivity contribution >= 4 is 58.4 Å². The number of Topliss-reactive ketones (excluding diaryl/α,β-unsaturated/α-hetero) is 1. The lowest BCUT2D eigenvalue weighted by Crippen LogP contribution is -2.38. The SMILES string of the molecule is CC(=O)c1cccc(NC(=O)COC(=O)CN2C(=O)[C@@H]3[C@H]4C[C@@H]([C@H](Cl)[C@@H]4Cl)[C@@H]3C2=O)c1. The molecule has 31 heavy (non-hydrogen) atoms. The number of hydrogen-bond donors (Lipinski definition) is 1. The third kappa shape index (κ3) is 3.83. The van der Waals surface area contributed by atoms with Gasteiger partial charge in [-0.15, -0.1) is 23.2 Å². The largest absolute Gasteiger partial charge is 0.454 e. The Labute approximate surface area is 188 Å². The number of esters is 1. The van der Waals surface area contributed by atoms with Crippen LogP contribution in [0.5, 0.6) is 0 Å². The number of imide groups is 1. The van der Waals surface area contributed by atoms with E-state index in [1.165, 1.54) is 13.0 Å². The van der Waals surface area contributed by atoms with Crippen LogP contribution < -0.4 is 5.32 Å². The fourth-order valence-corrected chi connectivity index (χ4v) is 5.79. The predicted molar refractivity (Wildman–Crippen MR) is 111 cm³/mol. The molecule has 1 aromatic carbocycles. The summed E-state index contributed by atoms with van der Waals surface area (Å²) in [5.74, 6) is -3.93. The zero-order chi connectivity index (χ0) is 22.4. The summed E-state index contributed by atoms with van der Waals surface area (Å²) in [6.07, 6.45) is 0.637. The van der Waals surface area contributed by atoms with Gasteiger partial charge >= 0.3 is 5.97 Å². The van der Waals surface area contributed by atoms with E-state index in [4.69, 9.17) is 27.9 Å². The number of nitrogens with zero attached hydrogens (tertiary/aromatic N) is 1. The monoisotopic (exact) mass is 466 g/mol. The van der Waals surface area contributed by atoms with E-state index in [0.29, 0.717) is 17.7 Å². The molecule has 0 radical (unpaired) electrons. The number of carbonyl (C=O) groups is 5. The first kappa shape index (κ1) is 21.8. The lowest BCUT2D eigenvalue weighted by molar-refractivity contribution is -0.154. The van der Waals surface area contributed by atoms with E-state index < -0.39 is 48.7 Å². The van der Waals surface area contributed by atoms with Gasteiger partial charge in [0.05, 0.1) is 22.6 Å². The number of anilines is 1. The Hall–Kier alpha value is -2.45. The minimum absolute atomic E-state index is 0.151. The predicted octanol–water partition coefficient (Wildman–Crippen LogP) is 1.84. The summed E-state index contributed by atoms with van der Waals surface area (Å²) in [5.41, 5.74) is 0.812. The van der Waals surface area contributed by atoms with Crippen molar-refractivity contribution in [1.82, 2.24) is 4.90 Å². The maximum Gasteiger partial charge on any atom is 0.326 e. The van der Waals surface area contributed by atoms with Crippen LogP contribution in [0, 0.1) is 23.7 Å². The van der Waals surface area contributed by atoms with Crippen LogP contribution in [0.15, 0.2) is 24.3 Å². The quantitative estimate of drug-likeness (QED) is 0.296. The van der Waals surface area contributed by atoms with Crippen molar-refractivity contribution in [3.8, 4) is 0 Å². The first-order chi connectivity index (χ1) is 14.7. The van der Waals surface area contributed by atoms with Gasteiger partial charge in [-0.25, -0.2) is 0 Å². The number of carbonyl (C=O) groups excluding carboxylic acids is 5. The van der Waals surface area contributed by atoms with E-state index in [2.05, 4.69) is 5.32 Å². The molecule has 2 saturated carbocycles. The molecule has 2 aliphatic carbocycles. The number of likely N-dealkylation sites (tertiary alicyclic amines) is 1. The average Bonchev–Trinajstić information content (AvgIpc) is 3.33. The Morgan fingerprint density at radius 1 is 1.10 bits per heavy atom. The Balaban J connectivity index is 1.31. The number of alkyl halides is 2. The zero-order valence-corrected chi connectivity index (χ0v) is 18.1. The molecule has 1 aromatic rings. The van der Waals surface area contributed by atoms with Gasteiger partial charge in [-0.2, -0.15) is 0 Å². The third-order valence-corrected chi connectivity index (χ3v) is 7.60. The molecule has 1 saturated heterocycles. The standard InChI is InChI=1S/C21H20Cl2N2O6/c1-9(26)10-3-2-4-11(5-10)24-14(27)8-31-15(28)7-25-20(29)16-12-6-13(17(16)21(25)30)19(23)18(12)22/h2-5,12-13,16-19H,6-8H2,1H3,(H,24,27)/t12-,13-,16-,17+,18-,19+/m1/s1. The molecule has 1 N–H and O–H groups in total. The summed E-state index contributed by atoms with van der Waals surface area (Å²) in [6, 6.07) is 6.33. The first-order valence-electron chi connectivity index (χ1n) is 9.89. The zero-order valence-electron chi connectivity index (χ0n) is 16.5. The second kappa shape index (κ2) is 8.24. The summed E-state index contributed by atoms with van der Waals surface area (Å²) in [5, 5.41) is 1.77. The highest BCUT2D eigenvalue weighted by Gasteiger charge is 2.66. The van der Waals surface area contributed by atoms with Crippen molar-refractivity contribution in [2.24, 2.45) is 23.7 Å². The highest BCUT2D eigenvalue weighted by molar-refractivity contribution is 6.31. The molecule has 0 spiro atoms. The van der Waals surface area contributed by atoms with Crippen LogP contribution in [0.3, 0.4) is 0 Å². The molecule has 0 aromatic heterocycles. The van der Waals surface area contributed by atoms with Gasteiger partial charge in [0.15, 0.2) is 12.4 Å².